The fraction of sp³-hybridized carbons (Fsp3) is 0.524. The standard InChI is InChI=1S/C21H24N10O/c1-12-17(19-23-4-7-32-19)25-20(22)30-18(12)24-16(27-30)3-6-29-5-2-15-14(11-29)26-28-31(15)21-8-13(9-21)10-21/h4,7,13H,2-3,5-6,8-11H2,1H3,(H2,22,25). The molecule has 0 aromatic carbocycles. The van der Waals surface area contributed by atoms with Crippen LogP contribution >= 0.6 is 0 Å². The summed E-state index contributed by atoms with van der Waals surface area (Å²) >= 11 is 0. The van der Waals surface area contributed by atoms with Crippen molar-refractivity contribution in [3.8, 4) is 11.6 Å². The third kappa shape index (κ3) is 2.51. The smallest absolute Gasteiger partial charge is 0.245 e. The van der Waals surface area contributed by atoms with E-state index in [1.807, 2.05) is 6.92 Å². The van der Waals surface area contributed by atoms with Crippen LogP contribution < -0.4 is 5.73 Å². The van der Waals surface area contributed by atoms with Crippen molar-refractivity contribution in [2.75, 3.05) is 18.8 Å². The van der Waals surface area contributed by atoms with Gasteiger partial charge >= 0.3 is 0 Å². The maximum Gasteiger partial charge on any atom is 0.245 e. The van der Waals surface area contributed by atoms with Crippen molar-refractivity contribution in [2.24, 2.45) is 5.92 Å². The lowest BCUT2D eigenvalue weighted by molar-refractivity contribution is -0.101. The average Bonchev–Trinajstić information content (AvgIpc) is 3.47. The highest BCUT2D eigenvalue weighted by Crippen LogP contribution is 2.62. The summed E-state index contributed by atoms with van der Waals surface area (Å²) in [5.74, 6) is 2.38. The number of nitrogen functional groups attached to an aromatic ring is 1. The predicted molar refractivity (Wildman–Crippen MR) is 113 cm³/mol. The van der Waals surface area contributed by atoms with Crippen LogP contribution in [0.5, 0.6) is 0 Å². The Labute approximate surface area is 183 Å². The highest BCUT2D eigenvalue weighted by atomic mass is 16.3. The number of aromatic nitrogens is 8. The molecule has 3 fully saturated rings. The minimum atomic E-state index is 0.269. The van der Waals surface area contributed by atoms with Crippen molar-refractivity contribution in [1.29, 1.82) is 0 Å². The molecule has 5 heterocycles. The number of hydrogen-bond donors (Lipinski definition) is 1. The van der Waals surface area contributed by atoms with E-state index in [-0.39, 0.29) is 5.95 Å². The van der Waals surface area contributed by atoms with E-state index < -0.39 is 0 Å². The Morgan fingerprint density at radius 2 is 2.12 bits per heavy atom. The van der Waals surface area contributed by atoms with E-state index in [0.717, 1.165) is 55.5 Å². The molecule has 8 rings (SSSR count). The van der Waals surface area contributed by atoms with Crippen molar-refractivity contribution in [1.82, 2.24) is 44.5 Å². The SMILES string of the molecule is Cc1c(-c2ncco2)nc(N)n2nc(CCN3CCc4c(nnn4C45CC(C4)C5)C3)nc12. The Kier molecular flexibility index (Phi) is 3.62. The van der Waals surface area contributed by atoms with E-state index in [1.54, 1.807) is 10.7 Å². The lowest BCUT2D eigenvalue weighted by Crippen LogP contribution is -2.60. The second-order valence-corrected chi connectivity index (χ2v) is 9.42. The van der Waals surface area contributed by atoms with Crippen LogP contribution in [0, 0.1) is 12.8 Å². The molecule has 2 bridgehead atoms. The molecule has 0 atom stereocenters. The lowest BCUT2D eigenvalue weighted by Gasteiger charge is -2.61. The van der Waals surface area contributed by atoms with E-state index in [1.165, 1.54) is 31.2 Å². The molecule has 2 N–H and O–H groups in total. The molecule has 3 saturated carbocycles. The van der Waals surface area contributed by atoms with E-state index in [2.05, 4.69) is 35.0 Å². The minimum Gasteiger partial charge on any atom is -0.443 e. The van der Waals surface area contributed by atoms with Crippen molar-refractivity contribution >= 4 is 11.6 Å². The van der Waals surface area contributed by atoms with Gasteiger partial charge in [-0.3, -0.25) is 4.90 Å². The van der Waals surface area contributed by atoms with Gasteiger partial charge in [0.2, 0.25) is 11.8 Å². The molecule has 4 aromatic rings. The molecular weight excluding hydrogens is 408 g/mol. The molecule has 0 amide bonds. The average molecular weight is 432 g/mol. The van der Waals surface area contributed by atoms with Crippen LogP contribution in [0.15, 0.2) is 16.9 Å². The molecule has 11 nitrogen and oxygen atoms in total. The topological polar surface area (TPSA) is 129 Å². The van der Waals surface area contributed by atoms with Gasteiger partial charge in [-0.25, -0.2) is 19.6 Å². The fourth-order valence-electron chi connectivity index (χ4n) is 5.55. The Bertz CT molecular complexity index is 1320. The Morgan fingerprint density at radius 1 is 1.25 bits per heavy atom. The van der Waals surface area contributed by atoms with Crippen LogP contribution in [0.4, 0.5) is 5.95 Å². The van der Waals surface area contributed by atoms with E-state index >= 15 is 0 Å². The normalized spacial score (nSPS) is 24.3. The molecule has 3 aliphatic carbocycles. The Balaban J connectivity index is 1.09. The number of aryl methyl sites for hydroxylation is 1. The molecule has 0 saturated heterocycles. The molecule has 164 valence electrons. The molecule has 0 spiro atoms. The minimum absolute atomic E-state index is 0.269. The number of nitrogens with zero attached hydrogens (tertiary/aromatic N) is 9. The summed E-state index contributed by atoms with van der Waals surface area (Å²) < 4.78 is 9.25. The monoisotopic (exact) mass is 432 g/mol. The third-order valence-corrected chi connectivity index (χ3v) is 7.41. The second kappa shape index (κ2) is 6.35. The van der Waals surface area contributed by atoms with E-state index in [0.29, 0.717) is 22.8 Å². The number of oxazole rings is 1. The Morgan fingerprint density at radius 3 is 2.88 bits per heavy atom. The maximum absolute atomic E-state index is 6.15. The third-order valence-electron chi connectivity index (χ3n) is 7.41. The predicted octanol–water partition coefficient (Wildman–Crippen LogP) is 1.37. The lowest BCUT2D eigenvalue weighted by atomic mass is 9.50. The van der Waals surface area contributed by atoms with Gasteiger partial charge in [0, 0.05) is 38.0 Å². The first kappa shape index (κ1) is 18.3. The molecule has 1 aliphatic heterocycles. The zero-order valence-corrected chi connectivity index (χ0v) is 17.9. The highest BCUT2D eigenvalue weighted by Gasteiger charge is 2.59. The Hall–Kier alpha value is -3.34. The number of nitrogens with two attached hydrogens (primary N) is 1. The first-order valence-corrected chi connectivity index (χ1v) is 11.2. The molecule has 4 aromatic heterocycles. The molecule has 0 unspecified atom stereocenters. The van der Waals surface area contributed by atoms with Crippen molar-refractivity contribution in [3.05, 3.63) is 35.2 Å². The van der Waals surface area contributed by atoms with Gasteiger partial charge in [0.05, 0.1) is 23.1 Å². The van der Waals surface area contributed by atoms with Gasteiger partial charge in [0.15, 0.2) is 11.5 Å². The fourth-order valence-corrected chi connectivity index (χ4v) is 5.55. The summed E-state index contributed by atoms with van der Waals surface area (Å²) in [5, 5.41) is 13.7. The van der Waals surface area contributed by atoms with Gasteiger partial charge in [-0.15, -0.1) is 10.2 Å². The summed E-state index contributed by atoms with van der Waals surface area (Å²) in [6.07, 6.45) is 8.71. The van der Waals surface area contributed by atoms with Crippen LogP contribution in [0.3, 0.4) is 0 Å². The second-order valence-electron chi connectivity index (χ2n) is 9.42. The van der Waals surface area contributed by atoms with Crippen LogP contribution in [0.25, 0.3) is 17.2 Å². The van der Waals surface area contributed by atoms with Crippen molar-refractivity contribution < 1.29 is 4.42 Å². The van der Waals surface area contributed by atoms with Gasteiger partial charge < -0.3 is 10.2 Å². The molecule has 11 heteroatoms. The molecular formula is C21H24N10O. The van der Waals surface area contributed by atoms with Crippen molar-refractivity contribution in [2.45, 2.75) is 51.1 Å². The van der Waals surface area contributed by atoms with Crippen LogP contribution in [0.2, 0.25) is 0 Å². The van der Waals surface area contributed by atoms with Crippen LogP contribution in [0.1, 0.15) is 42.0 Å². The van der Waals surface area contributed by atoms with Gasteiger partial charge in [-0.05, 0) is 32.1 Å². The summed E-state index contributed by atoms with van der Waals surface area (Å²) in [6.45, 7) is 4.63. The first-order chi connectivity index (χ1) is 15.6. The summed E-state index contributed by atoms with van der Waals surface area (Å²) in [7, 11) is 0. The van der Waals surface area contributed by atoms with Crippen molar-refractivity contribution in [3.63, 3.8) is 0 Å². The number of rotatable bonds is 5. The summed E-state index contributed by atoms with van der Waals surface area (Å²) in [4.78, 5) is 15.7. The quantitative estimate of drug-likeness (QED) is 0.497. The molecule has 4 aliphatic rings. The molecule has 0 radical (unpaired) electrons. The van der Waals surface area contributed by atoms with Gasteiger partial charge in [-0.1, -0.05) is 5.21 Å². The molecule has 32 heavy (non-hydrogen) atoms. The zero-order valence-electron chi connectivity index (χ0n) is 17.9. The number of fused-ring (bicyclic) bond motifs is 2. The zero-order chi connectivity index (χ0) is 21.4. The highest BCUT2D eigenvalue weighted by molar-refractivity contribution is 5.65. The van der Waals surface area contributed by atoms with Gasteiger partial charge in [0.1, 0.15) is 12.0 Å². The largest absolute Gasteiger partial charge is 0.443 e. The van der Waals surface area contributed by atoms with Gasteiger partial charge in [0.25, 0.3) is 0 Å². The van der Waals surface area contributed by atoms with E-state index in [9.17, 15) is 0 Å². The van der Waals surface area contributed by atoms with Crippen LogP contribution in [-0.2, 0) is 24.9 Å². The van der Waals surface area contributed by atoms with Gasteiger partial charge in [-0.2, -0.15) is 4.52 Å². The summed E-state index contributed by atoms with van der Waals surface area (Å²) in [5.41, 5.74) is 11.0. The number of hydrogen-bond acceptors (Lipinski definition) is 9. The summed E-state index contributed by atoms with van der Waals surface area (Å²) in [6, 6.07) is 0. The number of anilines is 1. The first-order valence-electron chi connectivity index (χ1n) is 11.2. The maximum atomic E-state index is 6.15. The van der Waals surface area contributed by atoms with Crippen LogP contribution in [-0.4, -0.2) is 57.5 Å². The van der Waals surface area contributed by atoms with E-state index in [4.69, 9.17) is 15.1 Å².